The van der Waals surface area contributed by atoms with E-state index < -0.39 is 0 Å². The van der Waals surface area contributed by atoms with Crippen molar-refractivity contribution in [1.82, 2.24) is 5.32 Å². The minimum atomic E-state index is -0.171. The number of amides is 2. The van der Waals surface area contributed by atoms with Crippen LogP contribution in [0.25, 0.3) is 0 Å². The van der Waals surface area contributed by atoms with Crippen LogP contribution in [0.4, 0.5) is 10.5 Å². The van der Waals surface area contributed by atoms with Crippen LogP contribution >= 0.6 is 0 Å². The van der Waals surface area contributed by atoms with Crippen molar-refractivity contribution in [3.8, 4) is 0 Å². The second kappa shape index (κ2) is 10.1. The van der Waals surface area contributed by atoms with Crippen molar-refractivity contribution in [2.75, 3.05) is 5.32 Å². The molecule has 0 saturated carbocycles. The molecule has 156 valence electrons. The maximum Gasteiger partial charge on any atom is 0.319 e. The zero-order chi connectivity index (χ0) is 21.5. The number of hydrogen-bond donors (Lipinski definition) is 2. The maximum absolute atomic E-state index is 13.1. The topological polar surface area (TPSA) is 41.1 Å². The highest BCUT2D eigenvalue weighted by atomic mass is 16.2. The van der Waals surface area contributed by atoms with E-state index in [1.165, 1.54) is 5.56 Å². The van der Waals surface area contributed by atoms with Gasteiger partial charge in [0, 0.05) is 5.69 Å². The van der Waals surface area contributed by atoms with Crippen molar-refractivity contribution >= 4 is 11.7 Å². The third kappa shape index (κ3) is 5.50. The van der Waals surface area contributed by atoms with Crippen LogP contribution in [0.2, 0.25) is 0 Å². The molecule has 0 aromatic heterocycles. The summed E-state index contributed by atoms with van der Waals surface area (Å²) < 4.78 is 0. The van der Waals surface area contributed by atoms with Gasteiger partial charge < -0.3 is 10.6 Å². The van der Waals surface area contributed by atoms with Gasteiger partial charge in [-0.15, -0.1) is 0 Å². The molecule has 3 aromatic rings. The molecule has 0 fully saturated rings. The second-order valence-electron chi connectivity index (χ2n) is 8.37. The third-order valence-electron chi connectivity index (χ3n) is 5.40. The Labute approximate surface area is 180 Å². The fourth-order valence-electron chi connectivity index (χ4n) is 3.79. The highest BCUT2D eigenvalue weighted by molar-refractivity contribution is 5.91. The van der Waals surface area contributed by atoms with Crippen LogP contribution in [0.3, 0.4) is 0 Å². The molecule has 0 bridgehead atoms. The van der Waals surface area contributed by atoms with Gasteiger partial charge in [-0.3, -0.25) is 0 Å². The Morgan fingerprint density at radius 2 is 1.27 bits per heavy atom. The van der Waals surface area contributed by atoms with Gasteiger partial charge in [0.15, 0.2) is 0 Å². The Morgan fingerprint density at radius 1 is 0.733 bits per heavy atom. The standard InChI is InChI=1S/C27H32N2O/c1-19(2)23-16-11-17-24(20(3)4)26(23)29-27(30)28-25(22-14-9-6-10-15-22)18-21-12-7-5-8-13-21/h5-17,19-20,25H,18H2,1-4H3,(H2,28,29,30). The number of anilines is 1. The van der Waals surface area contributed by atoms with E-state index in [1.54, 1.807) is 0 Å². The van der Waals surface area contributed by atoms with Gasteiger partial charge in [0.25, 0.3) is 0 Å². The normalized spacial score (nSPS) is 12.1. The molecular weight excluding hydrogens is 368 g/mol. The molecule has 3 nitrogen and oxygen atoms in total. The number of benzene rings is 3. The lowest BCUT2D eigenvalue weighted by Gasteiger charge is -2.23. The fourth-order valence-corrected chi connectivity index (χ4v) is 3.79. The van der Waals surface area contributed by atoms with Gasteiger partial charge in [-0.1, -0.05) is 107 Å². The zero-order valence-corrected chi connectivity index (χ0v) is 18.4. The van der Waals surface area contributed by atoms with E-state index >= 15 is 0 Å². The molecular formula is C27H32N2O. The summed E-state index contributed by atoms with van der Waals surface area (Å²) in [5.41, 5.74) is 5.55. The maximum atomic E-state index is 13.1. The van der Waals surface area contributed by atoms with Gasteiger partial charge in [0.1, 0.15) is 0 Å². The van der Waals surface area contributed by atoms with Crippen molar-refractivity contribution in [2.45, 2.75) is 52.0 Å². The van der Waals surface area contributed by atoms with Gasteiger partial charge in [0.05, 0.1) is 6.04 Å². The lowest BCUT2D eigenvalue weighted by molar-refractivity contribution is 0.248. The molecule has 3 aromatic carbocycles. The van der Waals surface area contributed by atoms with E-state index in [-0.39, 0.29) is 12.1 Å². The summed E-state index contributed by atoms with van der Waals surface area (Å²) >= 11 is 0. The molecule has 0 aliphatic carbocycles. The number of nitrogens with one attached hydrogen (secondary N) is 2. The number of carbonyl (C=O) groups is 1. The molecule has 3 rings (SSSR count). The molecule has 0 spiro atoms. The van der Waals surface area contributed by atoms with Gasteiger partial charge in [0.2, 0.25) is 0 Å². The first-order valence-electron chi connectivity index (χ1n) is 10.7. The first-order valence-corrected chi connectivity index (χ1v) is 10.7. The first-order chi connectivity index (χ1) is 14.5. The predicted octanol–water partition coefficient (Wildman–Crippen LogP) is 7.04. The summed E-state index contributed by atoms with van der Waals surface area (Å²) in [5, 5.41) is 6.39. The number of rotatable bonds is 7. The average Bonchev–Trinajstić information content (AvgIpc) is 2.74. The molecule has 30 heavy (non-hydrogen) atoms. The summed E-state index contributed by atoms with van der Waals surface area (Å²) in [5.74, 6) is 0.654. The number of carbonyl (C=O) groups excluding carboxylic acids is 1. The minimum Gasteiger partial charge on any atom is -0.331 e. The van der Waals surface area contributed by atoms with Gasteiger partial charge in [-0.25, -0.2) is 4.79 Å². The summed E-state index contributed by atoms with van der Waals surface area (Å²) in [6, 6.07) is 26.4. The third-order valence-corrected chi connectivity index (χ3v) is 5.40. The summed E-state index contributed by atoms with van der Waals surface area (Å²) in [4.78, 5) is 13.1. The molecule has 0 saturated heterocycles. The minimum absolute atomic E-state index is 0.109. The van der Waals surface area contributed by atoms with Crippen molar-refractivity contribution in [3.05, 3.63) is 101 Å². The number of urea groups is 1. The Balaban J connectivity index is 1.85. The molecule has 1 atom stereocenters. The SMILES string of the molecule is CC(C)c1cccc(C(C)C)c1NC(=O)NC(Cc1ccccc1)c1ccccc1. The van der Waals surface area contributed by atoms with Crippen molar-refractivity contribution in [2.24, 2.45) is 0 Å². The Bertz CT molecular complexity index is 923. The summed E-state index contributed by atoms with van der Waals surface area (Å²) in [6.07, 6.45) is 0.737. The van der Waals surface area contributed by atoms with Crippen molar-refractivity contribution in [3.63, 3.8) is 0 Å². The van der Waals surface area contributed by atoms with Crippen LogP contribution in [0.5, 0.6) is 0 Å². The van der Waals surface area contributed by atoms with Gasteiger partial charge in [-0.2, -0.15) is 0 Å². The van der Waals surface area contributed by atoms with Crippen LogP contribution in [0.15, 0.2) is 78.9 Å². The van der Waals surface area contributed by atoms with E-state index in [9.17, 15) is 4.79 Å². The lowest BCUT2D eigenvalue weighted by Crippen LogP contribution is -2.34. The number of hydrogen-bond acceptors (Lipinski definition) is 1. The second-order valence-corrected chi connectivity index (χ2v) is 8.37. The van der Waals surface area contributed by atoms with Crippen LogP contribution < -0.4 is 10.6 Å². The van der Waals surface area contributed by atoms with E-state index in [0.29, 0.717) is 11.8 Å². The fraction of sp³-hybridized carbons (Fsp3) is 0.296. The number of para-hydroxylation sites is 1. The van der Waals surface area contributed by atoms with Crippen LogP contribution in [-0.4, -0.2) is 6.03 Å². The van der Waals surface area contributed by atoms with Crippen molar-refractivity contribution < 1.29 is 4.79 Å². The van der Waals surface area contributed by atoms with E-state index in [0.717, 1.165) is 28.8 Å². The van der Waals surface area contributed by atoms with E-state index in [1.807, 2.05) is 36.4 Å². The molecule has 0 aliphatic rings. The lowest BCUT2D eigenvalue weighted by atomic mass is 9.92. The van der Waals surface area contributed by atoms with Gasteiger partial charge >= 0.3 is 6.03 Å². The van der Waals surface area contributed by atoms with Crippen molar-refractivity contribution in [1.29, 1.82) is 0 Å². The summed E-state index contributed by atoms with van der Waals surface area (Å²) in [7, 11) is 0. The molecule has 0 radical (unpaired) electrons. The highest BCUT2D eigenvalue weighted by Gasteiger charge is 2.19. The molecule has 0 aliphatic heterocycles. The monoisotopic (exact) mass is 400 g/mol. The summed E-state index contributed by atoms with van der Waals surface area (Å²) in [6.45, 7) is 8.63. The molecule has 2 N–H and O–H groups in total. The molecule has 1 unspecified atom stereocenters. The highest BCUT2D eigenvalue weighted by Crippen LogP contribution is 2.32. The van der Waals surface area contributed by atoms with E-state index in [4.69, 9.17) is 0 Å². The Morgan fingerprint density at radius 3 is 1.80 bits per heavy atom. The first kappa shape index (κ1) is 21.6. The Kier molecular flexibility index (Phi) is 7.29. The molecule has 2 amide bonds. The molecule has 0 heterocycles. The smallest absolute Gasteiger partial charge is 0.319 e. The van der Waals surface area contributed by atoms with Crippen LogP contribution in [0.1, 0.15) is 67.8 Å². The van der Waals surface area contributed by atoms with Crippen LogP contribution in [-0.2, 0) is 6.42 Å². The van der Waals surface area contributed by atoms with Crippen LogP contribution in [0, 0.1) is 0 Å². The van der Waals surface area contributed by atoms with E-state index in [2.05, 4.69) is 80.8 Å². The Hall–Kier alpha value is -3.07. The zero-order valence-electron chi connectivity index (χ0n) is 18.4. The van der Waals surface area contributed by atoms with Gasteiger partial charge in [-0.05, 0) is 40.5 Å². The largest absolute Gasteiger partial charge is 0.331 e. The predicted molar refractivity (Wildman–Crippen MR) is 126 cm³/mol. The molecule has 3 heteroatoms. The average molecular weight is 401 g/mol. The quantitative estimate of drug-likeness (QED) is 0.439.